The van der Waals surface area contributed by atoms with Crippen LogP contribution in [0.1, 0.15) is 44.7 Å². The van der Waals surface area contributed by atoms with Gasteiger partial charge in [-0.2, -0.15) is 0 Å². The van der Waals surface area contributed by atoms with Crippen LogP contribution in [0.15, 0.2) is 29.8 Å². The Hall–Kier alpha value is -1.57. The molecule has 0 aromatic heterocycles. The Kier molecular flexibility index (Phi) is 4.50. The molecule has 0 aliphatic rings. The number of benzene rings is 1. The summed E-state index contributed by atoms with van der Waals surface area (Å²) in [6.45, 7) is 9.75. The Morgan fingerprint density at radius 2 is 2.00 bits per heavy atom. The lowest BCUT2D eigenvalue weighted by atomic mass is 10.0. The summed E-state index contributed by atoms with van der Waals surface area (Å²) in [4.78, 5) is 11.7. The standard InChI is InChI=1S/C15H20O2/c1-6-12(5)15(16)17-14-9-11(4)7-8-13(14)10(2)3/h6-10H,1-5H3. The zero-order valence-corrected chi connectivity index (χ0v) is 11.2. The van der Waals surface area contributed by atoms with E-state index in [1.165, 1.54) is 0 Å². The summed E-state index contributed by atoms with van der Waals surface area (Å²) in [6.07, 6.45) is 1.76. The van der Waals surface area contributed by atoms with E-state index in [4.69, 9.17) is 4.74 Å². The Bertz CT molecular complexity index is 442. The molecular weight excluding hydrogens is 212 g/mol. The van der Waals surface area contributed by atoms with Gasteiger partial charge in [0.15, 0.2) is 0 Å². The van der Waals surface area contributed by atoms with Crippen molar-refractivity contribution in [3.63, 3.8) is 0 Å². The molecule has 0 unspecified atom stereocenters. The minimum Gasteiger partial charge on any atom is -0.423 e. The largest absolute Gasteiger partial charge is 0.423 e. The maximum absolute atomic E-state index is 11.7. The first kappa shape index (κ1) is 13.5. The summed E-state index contributed by atoms with van der Waals surface area (Å²) in [5, 5.41) is 0. The van der Waals surface area contributed by atoms with Gasteiger partial charge in [-0.05, 0) is 43.9 Å². The first-order valence-corrected chi connectivity index (χ1v) is 5.91. The van der Waals surface area contributed by atoms with E-state index in [0.29, 0.717) is 17.2 Å². The molecule has 0 bridgehead atoms. The fourth-order valence-corrected chi connectivity index (χ4v) is 1.51. The van der Waals surface area contributed by atoms with E-state index in [2.05, 4.69) is 13.8 Å². The van der Waals surface area contributed by atoms with Gasteiger partial charge in [0.05, 0.1) is 0 Å². The molecule has 0 spiro atoms. The first-order chi connectivity index (χ1) is 7.95. The molecule has 2 nitrogen and oxygen atoms in total. The van der Waals surface area contributed by atoms with E-state index >= 15 is 0 Å². The molecule has 2 heteroatoms. The highest BCUT2D eigenvalue weighted by molar-refractivity contribution is 5.89. The number of aryl methyl sites for hydroxylation is 1. The van der Waals surface area contributed by atoms with Gasteiger partial charge < -0.3 is 4.74 Å². The van der Waals surface area contributed by atoms with Crippen molar-refractivity contribution in [3.8, 4) is 5.75 Å². The third-order valence-electron chi connectivity index (χ3n) is 2.75. The molecule has 0 aliphatic carbocycles. The van der Waals surface area contributed by atoms with Crippen LogP contribution in [0.5, 0.6) is 5.75 Å². The Morgan fingerprint density at radius 1 is 1.35 bits per heavy atom. The number of ether oxygens (including phenoxy) is 1. The highest BCUT2D eigenvalue weighted by Crippen LogP contribution is 2.28. The van der Waals surface area contributed by atoms with Crippen molar-refractivity contribution in [3.05, 3.63) is 41.0 Å². The predicted molar refractivity (Wildman–Crippen MR) is 70.3 cm³/mol. The fraction of sp³-hybridized carbons (Fsp3) is 0.400. The first-order valence-electron chi connectivity index (χ1n) is 5.91. The van der Waals surface area contributed by atoms with Gasteiger partial charge in [-0.15, -0.1) is 0 Å². The molecule has 0 saturated carbocycles. The van der Waals surface area contributed by atoms with Gasteiger partial charge in [0.25, 0.3) is 0 Å². The van der Waals surface area contributed by atoms with Crippen LogP contribution in [0.3, 0.4) is 0 Å². The molecule has 0 fully saturated rings. The molecule has 0 radical (unpaired) electrons. The number of allylic oxidation sites excluding steroid dienone is 1. The smallest absolute Gasteiger partial charge is 0.338 e. The zero-order chi connectivity index (χ0) is 13.0. The van der Waals surface area contributed by atoms with Crippen LogP contribution in [-0.4, -0.2) is 5.97 Å². The summed E-state index contributed by atoms with van der Waals surface area (Å²) in [6, 6.07) is 5.97. The monoisotopic (exact) mass is 232 g/mol. The lowest BCUT2D eigenvalue weighted by molar-refractivity contribution is -0.130. The molecule has 0 N–H and O–H groups in total. The van der Waals surface area contributed by atoms with Crippen LogP contribution in [0, 0.1) is 6.92 Å². The molecule has 0 heterocycles. The van der Waals surface area contributed by atoms with E-state index in [-0.39, 0.29) is 5.97 Å². The van der Waals surface area contributed by atoms with Gasteiger partial charge >= 0.3 is 5.97 Å². The van der Waals surface area contributed by atoms with Crippen molar-refractivity contribution < 1.29 is 9.53 Å². The van der Waals surface area contributed by atoms with Crippen LogP contribution in [0.4, 0.5) is 0 Å². The minimum atomic E-state index is -0.278. The molecule has 17 heavy (non-hydrogen) atoms. The summed E-state index contributed by atoms with van der Waals surface area (Å²) in [5.74, 6) is 0.732. The van der Waals surface area contributed by atoms with Crippen LogP contribution in [0.2, 0.25) is 0 Å². The summed E-state index contributed by atoms with van der Waals surface area (Å²) in [5.41, 5.74) is 2.78. The van der Waals surface area contributed by atoms with Gasteiger partial charge in [-0.1, -0.05) is 32.1 Å². The molecule has 1 aromatic carbocycles. The Labute approximate surface area is 103 Å². The number of carbonyl (C=O) groups excluding carboxylic acids is 1. The Morgan fingerprint density at radius 3 is 2.53 bits per heavy atom. The maximum Gasteiger partial charge on any atom is 0.338 e. The lowest BCUT2D eigenvalue weighted by Crippen LogP contribution is -2.11. The average Bonchev–Trinajstić information content (AvgIpc) is 2.27. The van der Waals surface area contributed by atoms with E-state index in [9.17, 15) is 4.79 Å². The number of hydrogen-bond donors (Lipinski definition) is 0. The third-order valence-corrected chi connectivity index (χ3v) is 2.75. The van der Waals surface area contributed by atoms with Gasteiger partial charge in [-0.25, -0.2) is 4.79 Å². The van der Waals surface area contributed by atoms with Gasteiger partial charge in [0.1, 0.15) is 5.75 Å². The molecule has 1 aromatic rings. The van der Waals surface area contributed by atoms with Crippen LogP contribution >= 0.6 is 0 Å². The second kappa shape index (κ2) is 5.67. The van der Waals surface area contributed by atoms with Crippen molar-refractivity contribution in [1.29, 1.82) is 0 Å². The molecule has 0 amide bonds. The van der Waals surface area contributed by atoms with Crippen LogP contribution in [0.25, 0.3) is 0 Å². The quantitative estimate of drug-likeness (QED) is 0.447. The SMILES string of the molecule is CC=C(C)C(=O)Oc1cc(C)ccc1C(C)C. The molecule has 1 rings (SSSR count). The number of hydrogen-bond acceptors (Lipinski definition) is 2. The maximum atomic E-state index is 11.7. The molecule has 0 atom stereocenters. The second-order valence-corrected chi connectivity index (χ2v) is 4.56. The zero-order valence-electron chi connectivity index (χ0n) is 11.2. The van der Waals surface area contributed by atoms with Crippen LogP contribution < -0.4 is 4.74 Å². The highest BCUT2D eigenvalue weighted by Gasteiger charge is 2.12. The number of carbonyl (C=O) groups is 1. The fourth-order valence-electron chi connectivity index (χ4n) is 1.51. The molecule has 0 aliphatic heterocycles. The van der Waals surface area contributed by atoms with Crippen molar-refractivity contribution in [2.24, 2.45) is 0 Å². The van der Waals surface area contributed by atoms with E-state index < -0.39 is 0 Å². The third kappa shape index (κ3) is 3.45. The van der Waals surface area contributed by atoms with Crippen molar-refractivity contribution in [2.45, 2.75) is 40.5 Å². The van der Waals surface area contributed by atoms with E-state index in [1.54, 1.807) is 13.0 Å². The predicted octanol–water partition coefficient (Wildman–Crippen LogP) is 3.99. The Balaban J connectivity index is 3.04. The normalized spacial score (nSPS) is 11.8. The minimum absolute atomic E-state index is 0.278. The van der Waals surface area contributed by atoms with Gasteiger partial charge in [0.2, 0.25) is 0 Å². The van der Waals surface area contributed by atoms with Crippen molar-refractivity contribution >= 4 is 5.97 Å². The van der Waals surface area contributed by atoms with E-state index in [1.807, 2.05) is 32.0 Å². The topological polar surface area (TPSA) is 26.3 Å². The molecule has 92 valence electrons. The molecular formula is C15H20O2. The van der Waals surface area contributed by atoms with Gasteiger partial charge in [0, 0.05) is 5.57 Å². The van der Waals surface area contributed by atoms with Crippen LogP contribution in [-0.2, 0) is 4.79 Å². The summed E-state index contributed by atoms with van der Waals surface area (Å²) in [7, 11) is 0. The molecule has 0 saturated heterocycles. The number of esters is 1. The lowest BCUT2D eigenvalue weighted by Gasteiger charge is -2.13. The highest BCUT2D eigenvalue weighted by atomic mass is 16.5. The summed E-state index contributed by atoms with van der Waals surface area (Å²) >= 11 is 0. The second-order valence-electron chi connectivity index (χ2n) is 4.56. The van der Waals surface area contributed by atoms with Crippen molar-refractivity contribution in [1.82, 2.24) is 0 Å². The van der Waals surface area contributed by atoms with Crippen molar-refractivity contribution in [2.75, 3.05) is 0 Å². The number of rotatable bonds is 3. The average molecular weight is 232 g/mol. The summed E-state index contributed by atoms with van der Waals surface area (Å²) < 4.78 is 5.43. The van der Waals surface area contributed by atoms with Gasteiger partial charge in [-0.3, -0.25) is 0 Å². The van der Waals surface area contributed by atoms with E-state index in [0.717, 1.165) is 11.1 Å².